The third-order valence-electron chi connectivity index (χ3n) is 7.45. The first kappa shape index (κ1) is 25.9. The third-order valence-corrected chi connectivity index (χ3v) is 8.67. The maximum Gasteiger partial charge on any atom is 0.511 e. The van der Waals surface area contributed by atoms with E-state index >= 15 is 0 Å². The zero-order valence-corrected chi connectivity index (χ0v) is 21.0. The van der Waals surface area contributed by atoms with Gasteiger partial charge >= 0.3 is 15.5 Å². The van der Waals surface area contributed by atoms with Crippen molar-refractivity contribution in [2.45, 2.75) is 55.7 Å². The smallest absolute Gasteiger partial charge is 0.374 e. The Hall–Kier alpha value is -2.70. The van der Waals surface area contributed by atoms with Crippen LogP contribution in [0.15, 0.2) is 48.9 Å². The first-order chi connectivity index (χ1) is 17.7. The zero-order valence-electron chi connectivity index (χ0n) is 20.2. The van der Waals surface area contributed by atoms with Gasteiger partial charge in [-0.3, -0.25) is 0 Å². The molecule has 0 radical (unpaired) electrons. The summed E-state index contributed by atoms with van der Waals surface area (Å²) in [4.78, 5) is 13.7. The van der Waals surface area contributed by atoms with E-state index in [1.54, 1.807) is 18.6 Å². The fourth-order valence-electron chi connectivity index (χ4n) is 5.36. The molecule has 2 aromatic heterocycles. The Morgan fingerprint density at radius 1 is 1.08 bits per heavy atom. The molecule has 1 aromatic carbocycles. The van der Waals surface area contributed by atoms with Gasteiger partial charge in [-0.15, -0.1) is 0 Å². The number of nitrogens with one attached hydrogen (secondary N) is 2. The summed E-state index contributed by atoms with van der Waals surface area (Å²) in [5.74, 6) is 1.38. The van der Waals surface area contributed by atoms with Gasteiger partial charge in [0.25, 0.3) is 0 Å². The number of aromatic amines is 1. The molecule has 3 heterocycles. The van der Waals surface area contributed by atoms with Crippen molar-refractivity contribution in [1.29, 1.82) is 0 Å². The summed E-state index contributed by atoms with van der Waals surface area (Å²) in [6.45, 7) is 0.993. The Morgan fingerprint density at radius 3 is 2.62 bits per heavy atom. The largest absolute Gasteiger partial charge is 0.511 e. The van der Waals surface area contributed by atoms with Crippen LogP contribution in [0.25, 0.3) is 11.0 Å². The summed E-state index contributed by atoms with van der Waals surface area (Å²) in [5, 5.41) is 0. The molecule has 12 heteroatoms. The van der Waals surface area contributed by atoms with Gasteiger partial charge in [0, 0.05) is 25.9 Å². The van der Waals surface area contributed by atoms with Crippen LogP contribution in [0.1, 0.15) is 43.6 Å². The third kappa shape index (κ3) is 5.91. The molecule has 0 spiro atoms. The molecule has 0 amide bonds. The Balaban J connectivity index is 1.21. The lowest BCUT2D eigenvalue weighted by Crippen LogP contribution is -2.57. The van der Waals surface area contributed by atoms with Crippen LogP contribution in [0.2, 0.25) is 0 Å². The fraction of sp³-hybridized carbons (Fsp3) is 0.520. The van der Waals surface area contributed by atoms with Crippen LogP contribution < -0.4 is 9.62 Å². The molecule has 37 heavy (non-hydrogen) atoms. The van der Waals surface area contributed by atoms with Gasteiger partial charge in [0.15, 0.2) is 0 Å². The number of ether oxygens (including phenoxy) is 1. The normalized spacial score (nSPS) is 25.4. The number of imidazole rings is 1. The number of aromatic nitrogens is 3. The van der Waals surface area contributed by atoms with Crippen LogP contribution in [0.3, 0.4) is 0 Å². The minimum absolute atomic E-state index is 0.180. The Morgan fingerprint density at radius 2 is 1.89 bits per heavy atom. The van der Waals surface area contributed by atoms with Gasteiger partial charge in [-0.1, -0.05) is 12.1 Å². The predicted octanol–water partition coefficient (Wildman–Crippen LogP) is 4.34. The van der Waals surface area contributed by atoms with Crippen molar-refractivity contribution >= 4 is 26.9 Å². The van der Waals surface area contributed by atoms with Gasteiger partial charge in [0.1, 0.15) is 5.82 Å². The molecule has 8 nitrogen and oxygen atoms in total. The highest BCUT2D eigenvalue weighted by Crippen LogP contribution is 2.37. The monoisotopic (exact) mass is 537 g/mol. The van der Waals surface area contributed by atoms with Crippen LogP contribution in [0.4, 0.5) is 19.0 Å². The number of anilines is 1. The maximum absolute atomic E-state index is 13.1. The Kier molecular flexibility index (Phi) is 7.42. The summed E-state index contributed by atoms with van der Waals surface area (Å²) < 4.78 is 70.9. The summed E-state index contributed by atoms with van der Waals surface area (Å²) >= 11 is 0. The molecule has 3 aromatic rings. The number of benzene rings is 1. The molecule has 5 rings (SSSR count). The van der Waals surface area contributed by atoms with E-state index in [9.17, 15) is 21.6 Å². The quantitative estimate of drug-likeness (QED) is 0.465. The van der Waals surface area contributed by atoms with Crippen LogP contribution in [0, 0.1) is 5.92 Å². The number of H-pyrrole nitrogens is 1. The van der Waals surface area contributed by atoms with E-state index in [0.29, 0.717) is 24.9 Å². The van der Waals surface area contributed by atoms with Gasteiger partial charge in [-0.25, -0.2) is 23.1 Å². The lowest BCUT2D eigenvalue weighted by Gasteiger charge is -2.40. The molecule has 2 N–H and O–H groups in total. The van der Waals surface area contributed by atoms with Gasteiger partial charge < -0.3 is 14.6 Å². The van der Waals surface area contributed by atoms with Crippen molar-refractivity contribution in [3.05, 3.63) is 54.5 Å². The van der Waals surface area contributed by atoms with Crippen molar-refractivity contribution in [3.8, 4) is 0 Å². The number of sulfonamides is 1. The summed E-state index contributed by atoms with van der Waals surface area (Å²) in [5.41, 5.74) is -2.14. The number of pyridine rings is 1. The van der Waals surface area contributed by atoms with Gasteiger partial charge in [-0.2, -0.15) is 13.2 Å². The molecule has 200 valence electrons. The van der Waals surface area contributed by atoms with Crippen LogP contribution in [-0.4, -0.2) is 60.7 Å². The average Bonchev–Trinajstić information content (AvgIpc) is 3.36. The molecule has 1 saturated carbocycles. The van der Waals surface area contributed by atoms with E-state index in [0.717, 1.165) is 36.7 Å². The standard InChI is InChI=1S/C25H30F3N5O3S/c26-25(27,28)37(34,35)32-21-10-12-33(24-3-1-2-11-29-24)14-23(21)36-15-17-4-6-18(7-5-17)19-8-9-20-22(13-19)31-16-30-20/h1-3,8-9,11,13,16-18,21,23,32H,4-7,10,12,14-15H2,(H,30,31)/t17?,18?,21-,23+/m0/s1. The van der Waals surface area contributed by atoms with Gasteiger partial charge in [0.2, 0.25) is 0 Å². The number of nitrogens with zero attached hydrogens (tertiary/aromatic N) is 3. The topological polar surface area (TPSA) is 100 Å². The summed E-state index contributed by atoms with van der Waals surface area (Å²) in [7, 11) is -5.48. The van der Waals surface area contributed by atoms with Crippen LogP contribution >= 0.6 is 0 Å². The number of fused-ring (bicyclic) bond motifs is 1. The van der Waals surface area contributed by atoms with Crippen molar-refractivity contribution in [2.24, 2.45) is 5.92 Å². The first-order valence-electron chi connectivity index (χ1n) is 12.5. The number of hydrogen-bond acceptors (Lipinski definition) is 6. The van der Waals surface area contributed by atoms with Crippen molar-refractivity contribution in [2.75, 3.05) is 24.6 Å². The fourth-order valence-corrected chi connectivity index (χ4v) is 6.17. The highest BCUT2D eigenvalue weighted by Gasteiger charge is 2.48. The molecule has 2 aliphatic rings. The molecule has 1 aliphatic carbocycles. The number of piperidine rings is 1. The second-order valence-electron chi connectivity index (χ2n) is 9.86. The van der Waals surface area contributed by atoms with Gasteiger partial charge in [0.05, 0.1) is 29.5 Å². The average molecular weight is 538 g/mol. The lowest BCUT2D eigenvalue weighted by molar-refractivity contribution is -0.0470. The van der Waals surface area contributed by atoms with Crippen molar-refractivity contribution in [3.63, 3.8) is 0 Å². The van der Waals surface area contributed by atoms with Crippen molar-refractivity contribution < 1.29 is 26.3 Å². The van der Waals surface area contributed by atoms with E-state index in [-0.39, 0.29) is 18.9 Å². The highest BCUT2D eigenvalue weighted by molar-refractivity contribution is 7.90. The molecule has 2 fully saturated rings. The second kappa shape index (κ2) is 10.6. The molecule has 0 bridgehead atoms. The minimum Gasteiger partial charge on any atom is -0.374 e. The SMILES string of the molecule is O=S(=O)(N[C@H]1CCN(c2ccccn2)C[C@H]1OCC1CCC(c2ccc3nc[nH]c3c2)CC1)C(F)(F)F. The number of alkyl halides is 3. The number of rotatable bonds is 7. The second-order valence-corrected chi connectivity index (χ2v) is 11.6. The van der Waals surface area contributed by atoms with E-state index < -0.39 is 27.7 Å². The van der Waals surface area contributed by atoms with E-state index in [1.165, 1.54) is 5.56 Å². The summed E-state index contributed by atoms with van der Waals surface area (Å²) in [6, 6.07) is 10.8. The Labute approximate surface area is 213 Å². The molecular weight excluding hydrogens is 507 g/mol. The molecule has 1 aliphatic heterocycles. The number of hydrogen-bond donors (Lipinski definition) is 2. The first-order valence-corrected chi connectivity index (χ1v) is 14.0. The van der Waals surface area contributed by atoms with Crippen molar-refractivity contribution in [1.82, 2.24) is 19.7 Å². The molecule has 1 saturated heterocycles. The number of halogens is 3. The zero-order chi connectivity index (χ0) is 26.0. The van der Waals surface area contributed by atoms with E-state index in [4.69, 9.17) is 4.74 Å². The van der Waals surface area contributed by atoms with Crippen LogP contribution in [0.5, 0.6) is 0 Å². The van der Waals surface area contributed by atoms with E-state index in [2.05, 4.69) is 27.1 Å². The van der Waals surface area contributed by atoms with E-state index in [1.807, 2.05) is 27.8 Å². The highest BCUT2D eigenvalue weighted by atomic mass is 32.2. The maximum atomic E-state index is 13.1. The molecule has 0 unspecified atom stereocenters. The molecule has 2 atom stereocenters. The summed E-state index contributed by atoms with van der Waals surface area (Å²) in [6.07, 6.45) is 6.62. The minimum atomic E-state index is -5.48. The predicted molar refractivity (Wildman–Crippen MR) is 133 cm³/mol. The molecular formula is C25H30F3N5O3S. The van der Waals surface area contributed by atoms with Crippen LogP contribution in [-0.2, 0) is 14.8 Å². The lowest BCUT2D eigenvalue weighted by atomic mass is 9.79. The Bertz CT molecular complexity index is 1290. The van der Waals surface area contributed by atoms with Gasteiger partial charge in [-0.05, 0) is 73.8 Å².